The van der Waals surface area contributed by atoms with Crippen LogP contribution in [-0.4, -0.2) is 16.2 Å². The smallest absolute Gasteiger partial charge is 0.359 e. The Labute approximate surface area is 106 Å². The minimum absolute atomic E-state index is 0.273. The zero-order valence-electron chi connectivity index (χ0n) is 10.6. The highest BCUT2D eigenvalue weighted by molar-refractivity contribution is 5.89. The molecule has 0 atom stereocenters. The van der Waals surface area contributed by atoms with Crippen molar-refractivity contribution in [2.45, 2.75) is 26.9 Å². The fourth-order valence-corrected chi connectivity index (χ4v) is 1.85. The highest BCUT2D eigenvalue weighted by Crippen LogP contribution is 2.13. The van der Waals surface area contributed by atoms with E-state index in [1.54, 1.807) is 0 Å². The molecule has 0 aliphatic heterocycles. The predicted octanol–water partition coefficient (Wildman–Crippen LogP) is 2.64. The summed E-state index contributed by atoms with van der Waals surface area (Å²) >= 11 is 0. The molecule has 94 valence electrons. The summed E-state index contributed by atoms with van der Waals surface area (Å²) < 4.78 is 5.25. The van der Waals surface area contributed by atoms with Crippen molar-refractivity contribution in [3.8, 4) is 0 Å². The fraction of sp³-hybridized carbons (Fsp3) is 0.286. The van der Waals surface area contributed by atoms with Crippen LogP contribution in [-0.2, 0) is 17.8 Å². The first-order valence-electron chi connectivity index (χ1n) is 5.97. The Balaban J connectivity index is 2.04. The van der Waals surface area contributed by atoms with E-state index in [4.69, 9.17) is 4.74 Å². The molecule has 0 amide bonds. The summed E-state index contributed by atoms with van der Waals surface area (Å²) in [5, 5.41) is 6.82. The summed E-state index contributed by atoms with van der Waals surface area (Å²) in [4.78, 5) is 11.9. The van der Waals surface area contributed by atoms with Gasteiger partial charge in [0, 0.05) is 11.3 Å². The Morgan fingerprint density at radius 2 is 2.06 bits per heavy atom. The maximum atomic E-state index is 11.9. The summed E-state index contributed by atoms with van der Waals surface area (Å²) in [7, 11) is 0. The average molecular weight is 244 g/mol. The molecule has 4 nitrogen and oxygen atoms in total. The van der Waals surface area contributed by atoms with Crippen LogP contribution in [0.1, 0.15) is 34.2 Å². The lowest BCUT2D eigenvalue weighted by atomic mass is 10.1. The molecule has 0 saturated heterocycles. The zero-order valence-corrected chi connectivity index (χ0v) is 10.6. The Morgan fingerprint density at radius 1 is 1.33 bits per heavy atom. The second kappa shape index (κ2) is 5.49. The maximum Gasteiger partial charge on any atom is 0.359 e. The number of carbonyl (C=O) groups excluding carboxylic acids is 1. The summed E-state index contributed by atoms with van der Waals surface area (Å²) in [6.07, 6.45) is 0.762. The normalized spacial score (nSPS) is 10.3. The fourth-order valence-electron chi connectivity index (χ4n) is 1.85. The van der Waals surface area contributed by atoms with Gasteiger partial charge in [-0.05, 0) is 18.9 Å². The summed E-state index contributed by atoms with van der Waals surface area (Å²) in [6, 6.07) is 9.60. The molecule has 1 aromatic carbocycles. The number of hydrogen-bond donors (Lipinski definition) is 1. The molecule has 0 radical (unpaired) electrons. The molecule has 1 N–H and O–H groups in total. The molecule has 0 fully saturated rings. The van der Waals surface area contributed by atoms with Crippen LogP contribution in [0.25, 0.3) is 0 Å². The van der Waals surface area contributed by atoms with Gasteiger partial charge in [-0.1, -0.05) is 37.3 Å². The van der Waals surface area contributed by atoms with E-state index in [-0.39, 0.29) is 12.6 Å². The van der Waals surface area contributed by atoms with E-state index in [1.165, 1.54) is 0 Å². The van der Waals surface area contributed by atoms with Gasteiger partial charge in [-0.3, -0.25) is 5.10 Å². The number of aromatic nitrogens is 2. The maximum absolute atomic E-state index is 11.9. The molecule has 4 heteroatoms. The van der Waals surface area contributed by atoms with Gasteiger partial charge in [0.25, 0.3) is 0 Å². The summed E-state index contributed by atoms with van der Waals surface area (Å²) in [5.74, 6) is -0.375. The monoisotopic (exact) mass is 244 g/mol. The number of aromatic amines is 1. The first kappa shape index (κ1) is 12.4. The number of aryl methyl sites for hydroxylation is 1. The minimum atomic E-state index is -0.375. The number of ether oxygens (including phenoxy) is 1. The lowest BCUT2D eigenvalue weighted by Crippen LogP contribution is -2.08. The van der Waals surface area contributed by atoms with Crippen molar-refractivity contribution < 1.29 is 9.53 Å². The van der Waals surface area contributed by atoms with Crippen LogP contribution < -0.4 is 0 Å². The van der Waals surface area contributed by atoms with Crippen LogP contribution in [0, 0.1) is 6.92 Å². The summed E-state index contributed by atoms with van der Waals surface area (Å²) in [5.41, 5.74) is 3.21. The Morgan fingerprint density at radius 3 is 2.72 bits per heavy atom. The second-order valence-electron chi connectivity index (χ2n) is 4.09. The van der Waals surface area contributed by atoms with Crippen molar-refractivity contribution in [2.24, 2.45) is 0 Å². The van der Waals surface area contributed by atoms with E-state index in [2.05, 4.69) is 10.2 Å². The number of H-pyrrole nitrogens is 1. The molecule has 0 unspecified atom stereocenters. The van der Waals surface area contributed by atoms with Crippen LogP contribution in [0.15, 0.2) is 30.3 Å². The van der Waals surface area contributed by atoms with Crippen molar-refractivity contribution in [3.05, 3.63) is 52.8 Å². The van der Waals surface area contributed by atoms with Gasteiger partial charge in [0.05, 0.1) is 0 Å². The number of nitrogens with one attached hydrogen (secondary N) is 1. The van der Waals surface area contributed by atoms with Gasteiger partial charge in [-0.2, -0.15) is 5.10 Å². The van der Waals surface area contributed by atoms with Gasteiger partial charge in [-0.25, -0.2) is 4.79 Å². The number of rotatable bonds is 4. The van der Waals surface area contributed by atoms with Gasteiger partial charge in [0.1, 0.15) is 6.61 Å². The summed E-state index contributed by atoms with van der Waals surface area (Å²) in [6.45, 7) is 4.17. The molecule has 0 bridgehead atoms. The van der Waals surface area contributed by atoms with E-state index >= 15 is 0 Å². The Hall–Kier alpha value is -2.10. The van der Waals surface area contributed by atoms with Gasteiger partial charge in [0.2, 0.25) is 0 Å². The third-order valence-corrected chi connectivity index (χ3v) is 2.83. The highest BCUT2D eigenvalue weighted by Gasteiger charge is 2.17. The zero-order chi connectivity index (χ0) is 13.0. The highest BCUT2D eigenvalue weighted by atomic mass is 16.5. The molecule has 0 spiro atoms. The Kier molecular flexibility index (Phi) is 3.77. The number of esters is 1. The number of hydrogen-bond acceptors (Lipinski definition) is 3. The van der Waals surface area contributed by atoms with Crippen molar-refractivity contribution in [3.63, 3.8) is 0 Å². The quantitative estimate of drug-likeness (QED) is 0.841. The largest absolute Gasteiger partial charge is 0.456 e. The topological polar surface area (TPSA) is 55.0 Å². The van der Waals surface area contributed by atoms with E-state index < -0.39 is 0 Å². The van der Waals surface area contributed by atoms with Gasteiger partial charge >= 0.3 is 5.97 Å². The molecule has 2 rings (SSSR count). The van der Waals surface area contributed by atoms with Crippen LogP contribution in [0.2, 0.25) is 0 Å². The average Bonchev–Trinajstić information content (AvgIpc) is 2.78. The number of carbonyl (C=O) groups is 1. The SMILES string of the molecule is CCc1c(C(=O)OCc2ccccc2)n[nH]c1C. The van der Waals surface area contributed by atoms with E-state index in [0.717, 1.165) is 23.2 Å². The van der Waals surface area contributed by atoms with Gasteiger partial charge in [0.15, 0.2) is 5.69 Å². The van der Waals surface area contributed by atoms with E-state index in [1.807, 2.05) is 44.2 Å². The predicted molar refractivity (Wildman–Crippen MR) is 68.3 cm³/mol. The van der Waals surface area contributed by atoms with Crippen molar-refractivity contribution in [2.75, 3.05) is 0 Å². The van der Waals surface area contributed by atoms with E-state index in [9.17, 15) is 4.79 Å². The number of benzene rings is 1. The third kappa shape index (κ3) is 2.59. The molecule has 1 heterocycles. The van der Waals surface area contributed by atoms with Gasteiger partial charge < -0.3 is 4.74 Å². The first-order chi connectivity index (χ1) is 8.72. The van der Waals surface area contributed by atoms with E-state index in [0.29, 0.717) is 5.69 Å². The molecular formula is C14H16N2O2. The second-order valence-corrected chi connectivity index (χ2v) is 4.09. The molecule has 18 heavy (non-hydrogen) atoms. The van der Waals surface area contributed by atoms with Crippen molar-refractivity contribution >= 4 is 5.97 Å². The van der Waals surface area contributed by atoms with Crippen LogP contribution in [0.4, 0.5) is 0 Å². The molecule has 1 aromatic heterocycles. The minimum Gasteiger partial charge on any atom is -0.456 e. The third-order valence-electron chi connectivity index (χ3n) is 2.83. The molecule has 0 aliphatic rings. The molecular weight excluding hydrogens is 228 g/mol. The lowest BCUT2D eigenvalue weighted by Gasteiger charge is -2.04. The lowest BCUT2D eigenvalue weighted by molar-refractivity contribution is 0.0464. The standard InChI is InChI=1S/C14H16N2O2/c1-3-12-10(2)15-16-13(12)14(17)18-9-11-7-5-4-6-8-11/h4-8H,3,9H2,1-2H3,(H,15,16). The first-order valence-corrected chi connectivity index (χ1v) is 5.97. The van der Waals surface area contributed by atoms with Crippen molar-refractivity contribution in [1.29, 1.82) is 0 Å². The van der Waals surface area contributed by atoms with Crippen LogP contribution in [0.5, 0.6) is 0 Å². The molecule has 0 aliphatic carbocycles. The Bertz CT molecular complexity index is 532. The van der Waals surface area contributed by atoms with Crippen molar-refractivity contribution in [1.82, 2.24) is 10.2 Å². The molecule has 0 saturated carbocycles. The number of nitrogens with zero attached hydrogens (tertiary/aromatic N) is 1. The van der Waals surface area contributed by atoms with Crippen LogP contribution in [0.3, 0.4) is 0 Å². The van der Waals surface area contributed by atoms with Gasteiger partial charge in [-0.15, -0.1) is 0 Å². The molecule has 2 aromatic rings. The van der Waals surface area contributed by atoms with Crippen LogP contribution >= 0.6 is 0 Å².